The average molecular weight is 645 g/mol. The molecule has 0 saturated carbocycles. The minimum atomic E-state index is -4.14. The van der Waals surface area contributed by atoms with Gasteiger partial charge in [-0.3, -0.25) is 13.9 Å². The Morgan fingerprint density at radius 1 is 0.927 bits per heavy atom. The predicted octanol–water partition coefficient (Wildman–Crippen LogP) is 5.77. The second kappa shape index (κ2) is 15.6. The molecule has 1 N–H and O–H groups in total. The van der Waals surface area contributed by atoms with Crippen LogP contribution in [0.5, 0.6) is 5.75 Å². The summed E-state index contributed by atoms with van der Waals surface area (Å²) in [6.07, 6.45) is 2.12. The number of anilines is 1. The minimum absolute atomic E-state index is 0.0429. The Labute approximate surface area is 251 Å². The molecule has 0 bridgehead atoms. The van der Waals surface area contributed by atoms with Crippen LogP contribution in [-0.2, 0) is 26.2 Å². The van der Waals surface area contributed by atoms with Crippen molar-refractivity contribution in [1.29, 1.82) is 0 Å². The number of hydrogen-bond donors (Lipinski definition) is 1. The fourth-order valence-corrected chi connectivity index (χ4v) is 6.02. The van der Waals surface area contributed by atoms with Crippen LogP contribution in [0.15, 0.2) is 88.2 Å². The van der Waals surface area contributed by atoms with Crippen LogP contribution in [0.1, 0.15) is 45.6 Å². The number of halogens is 1. The molecule has 1 unspecified atom stereocenters. The molecule has 10 heteroatoms. The fraction of sp³-hybridized carbons (Fsp3) is 0.355. The van der Waals surface area contributed by atoms with Crippen molar-refractivity contribution >= 4 is 43.5 Å². The van der Waals surface area contributed by atoms with Gasteiger partial charge in [0.25, 0.3) is 10.0 Å². The smallest absolute Gasteiger partial charge is 0.264 e. The summed E-state index contributed by atoms with van der Waals surface area (Å²) >= 11 is 3.35. The van der Waals surface area contributed by atoms with Crippen LogP contribution in [0.25, 0.3) is 0 Å². The first-order valence-electron chi connectivity index (χ1n) is 13.8. The number of rotatable bonds is 15. The lowest BCUT2D eigenvalue weighted by Crippen LogP contribution is -2.52. The maximum absolute atomic E-state index is 14.1. The van der Waals surface area contributed by atoms with Gasteiger partial charge >= 0.3 is 0 Å². The Morgan fingerprint density at radius 2 is 1.59 bits per heavy atom. The number of nitrogens with one attached hydrogen (secondary N) is 1. The summed E-state index contributed by atoms with van der Waals surface area (Å²) in [4.78, 5) is 28.8. The van der Waals surface area contributed by atoms with Crippen molar-refractivity contribution in [3.63, 3.8) is 0 Å². The van der Waals surface area contributed by atoms with Crippen LogP contribution in [0.2, 0.25) is 0 Å². The second-order valence-corrected chi connectivity index (χ2v) is 12.2. The molecular formula is C31H38BrN3O5S. The molecule has 3 rings (SSSR count). The van der Waals surface area contributed by atoms with Gasteiger partial charge in [-0.15, -0.1) is 0 Å². The van der Waals surface area contributed by atoms with Crippen molar-refractivity contribution in [3.8, 4) is 5.75 Å². The highest BCUT2D eigenvalue weighted by Gasteiger charge is 2.33. The molecule has 0 aromatic heterocycles. The Hall–Kier alpha value is -3.37. The van der Waals surface area contributed by atoms with E-state index in [9.17, 15) is 18.0 Å². The number of hydrogen-bond acceptors (Lipinski definition) is 5. The average Bonchev–Trinajstić information content (AvgIpc) is 2.97. The number of carbonyl (C=O) groups excluding carboxylic acids is 2. The molecular weight excluding hydrogens is 606 g/mol. The number of amides is 2. The molecule has 1 atom stereocenters. The Balaban J connectivity index is 2.02. The van der Waals surface area contributed by atoms with Crippen LogP contribution in [0.3, 0.4) is 0 Å². The van der Waals surface area contributed by atoms with Crippen molar-refractivity contribution in [2.75, 3.05) is 24.0 Å². The number of unbranched alkanes of at least 4 members (excludes halogenated alkanes) is 1. The van der Waals surface area contributed by atoms with Gasteiger partial charge in [0.1, 0.15) is 18.3 Å². The van der Waals surface area contributed by atoms with Crippen molar-refractivity contribution in [2.45, 2.75) is 57.5 Å². The Kier molecular flexibility index (Phi) is 12.2. The molecule has 0 heterocycles. The molecule has 0 aliphatic heterocycles. The van der Waals surface area contributed by atoms with Gasteiger partial charge in [0.15, 0.2) is 0 Å². The van der Waals surface area contributed by atoms with Crippen molar-refractivity contribution in [3.05, 3.63) is 88.9 Å². The molecule has 220 valence electrons. The first kappa shape index (κ1) is 32.1. The zero-order valence-corrected chi connectivity index (χ0v) is 26.2. The lowest BCUT2D eigenvalue weighted by atomic mass is 10.1. The molecule has 0 aliphatic rings. The maximum atomic E-state index is 14.1. The number of sulfonamides is 1. The standard InChI is InChI=1S/C31H38BrN3O5S/c1-4-7-21-33-31(37)29(5-2)34(22-24-11-9-8-10-12-24)30(36)23-35(26-15-17-27(18-16-26)40-6-3)41(38,39)28-19-13-25(32)14-20-28/h8-20,29H,4-7,21-23H2,1-3H3,(H,33,37). The SMILES string of the molecule is CCCCNC(=O)C(CC)N(Cc1ccccc1)C(=O)CN(c1ccc(OCC)cc1)S(=O)(=O)c1ccc(Br)cc1. The lowest BCUT2D eigenvalue weighted by molar-refractivity contribution is -0.140. The Bertz CT molecular complexity index is 1370. The number of carbonyl (C=O) groups is 2. The molecule has 41 heavy (non-hydrogen) atoms. The lowest BCUT2D eigenvalue weighted by Gasteiger charge is -2.33. The van der Waals surface area contributed by atoms with Crippen molar-refractivity contribution in [1.82, 2.24) is 10.2 Å². The van der Waals surface area contributed by atoms with E-state index in [0.29, 0.717) is 31.0 Å². The van der Waals surface area contributed by atoms with Crippen LogP contribution >= 0.6 is 15.9 Å². The molecule has 0 aliphatic carbocycles. The molecule has 0 radical (unpaired) electrons. The molecule has 3 aromatic carbocycles. The highest BCUT2D eigenvalue weighted by atomic mass is 79.9. The van der Waals surface area contributed by atoms with E-state index in [1.807, 2.05) is 51.1 Å². The van der Waals surface area contributed by atoms with Crippen LogP contribution in [0.4, 0.5) is 5.69 Å². The van der Waals surface area contributed by atoms with E-state index in [2.05, 4.69) is 21.2 Å². The highest BCUT2D eigenvalue weighted by molar-refractivity contribution is 9.10. The summed E-state index contributed by atoms with van der Waals surface area (Å²) in [6.45, 7) is 6.39. The van der Waals surface area contributed by atoms with E-state index < -0.39 is 28.5 Å². The zero-order chi connectivity index (χ0) is 29.8. The second-order valence-electron chi connectivity index (χ2n) is 9.47. The first-order valence-corrected chi connectivity index (χ1v) is 16.1. The third kappa shape index (κ3) is 8.81. The molecule has 8 nitrogen and oxygen atoms in total. The molecule has 3 aromatic rings. The summed E-state index contributed by atoms with van der Waals surface area (Å²) < 4.78 is 35.2. The predicted molar refractivity (Wildman–Crippen MR) is 165 cm³/mol. The van der Waals surface area contributed by atoms with Crippen LogP contribution in [0, 0.1) is 0 Å². The summed E-state index contributed by atoms with van der Waals surface area (Å²) in [5, 5.41) is 2.94. The summed E-state index contributed by atoms with van der Waals surface area (Å²) in [5.74, 6) is -0.154. The van der Waals surface area contributed by atoms with Gasteiger partial charge in [0.05, 0.1) is 17.2 Å². The monoisotopic (exact) mass is 643 g/mol. The van der Waals surface area contributed by atoms with Crippen LogP contribution < -0.4 is 14.4 Å². The van der Waals surface area contributed by atoms with E-state index >= 15 is 0 Å². The summed E-state index contributed by atoms with van der Waals surface area (Å²) in [5.41, 5.74) is 1.15. The fourth-order valence-electron chi connectivity index (χ4n) is 4.34. The van der Waals surface area contributed by atoms with Crippen LogP contribution in [-0.4, -0.2) is 50.9 Å². The summed E-state index contributed by atoms with van der Waals surface area (Å²) in [6, 6.07) is 21.4. The molecule has 0 fully saturated rings. The maximum Gasteiger partial charge on any atom is 0.264 e. The van der Waals surface area contributed by atoms with Gasteiger partial charge in [0.2, 0.25) is 11.8 Å². The largest absolute Gasteiger partial charge is 0.494 e. The Morgan fingerprint density at radius 3 is 2.17 bits per heavy atom. The van der Waals surface area contributed by atoms with Gasteiger partial charge < -0.3 is 15.0 Å². The normalized spacial score (nSPS) is 11.9. The van der Waals surface area contributed by atoms with Crippen molar-refractivity contribution in [2.24, 2.45) is 0 Å². The topological polar surface area (TPSA) is 96.0 Å². The van der Waals surface area contributed by atoms with E-state index in [-0.39, 0.29) is 17.3 Å². The van der Waals surface area contributed by atoms with E-state index in [4.69, 9.17) is 4.74 Å². The summed E-state index contributed by atoms with van der Waals surface area (Å²) in [7, 11) is -4.14. The van der Waals surface area contributed by atoms with Gasteiger partial charge in [0, 0.05) is 17.6 Å². The van der Waals surface area contributed by atoms with E-state index in [0.717, 1.165) is 27.2 Å². The quantitative estimate of drug-likeness (QED) is 0.212. The van der Waals surface area contributed by atoms with E-state index in [1.165, 1.54) is 17.0 Å². The third-order valence-electron chi connectivity index (χ3n) is 6.53. The first-order chi connectivity index (χ1) is 19.7. The molecule has 2 amide bonds. The molecule has 0 spiro atoms. The third-order valence-corrected chi connectivity index (χ3v) is 8.84. The minimum Gasteiger partial charge on any atom is -0.494 e. The number of nitrogens with zero attached hydrogens (tertiary/aromatic N) is 2. The van der Waals surface area contributed by atoms with Gasteiger partial charge in [-0.2, -0.15) is 0 Å². The number of ether oxygens (including phenoxy) is 1. The number of benzene rings is 3. The zero-order valence-electron chi connectivity index (χ0n) is 23.8. The van der Waals surface area contributed by atoms with Gasteiger partial charge in [-0.25, -0.2) is 8.42 Å². The highest BCUT2D eigenvalue weighted by Crippen LogP contribution is 2.27. The van der Waals surface area contributed by atoms with E-state index in [1.54, 1.807) is 36.4 Å². The molecule has 0 saturated heterocycles. The van der Waals surface area contributed by atoms with Crippen molar-refractivity contribution < 1.29 is 22.7 Å². The van der Waals surface area contributed by atoms with Gasteiger partial charge in [-0.1, -0.05) is 66.5 Å². The van der Waals surface area contributed by atoms with Gasteiger partial charge in [-0.05, 0) is 73.9 Å².